The highest BCUT2D eigenvalue weighted by molar-refractivity contribution is 5.83. The van der Waals surface area contributed by atoms with Crippen LogP contribution < -0.4 is 0 Å². The number of carboxylic acid groups (broad SMARTS) is 2. The van der Waals surface area contributed by atoms with Crippen LogP contribution in [0.4, 0.5) is 0 Å². The van der Waals surface area contributed by atoms with Crippen LogP contribution >= 0.6 is 0 Å². The summed E-state index contributed by atoms with van der Waals surface area (Å²) in [5.41, 5.74) is -2.53. The molecule has 6 nitrogen and oxygen atoms in total. The van der Waals surface area contributed by atoms with Crippen molar-refractivity contribution in [1.29, 1.82) is 0 Å². The van der Waals surface area contributed by atoms with Gasteiger partial charge in [0.05, 0.1) is 12.0 Å². The van der Waals surface area contributed by atoms with Crippen molar-refractivity contribution in [3.05, 3.63) is 12.2 Å². The lowest BCUT2D eigenvalue weighted by atomic mass is 9.61. The molecule has 0 aromatic rings. The Balaban J connectivity index is 3.43. The van der Waals surface area contributed by atoms with Gasteiger partial charge in [-0.1, -0.05) is 12.2 Å². The van der Waals surface area contributed by atoms with Gasteiger partial charge in [-0.15, -0.1) is 0 Å². The van der Waals surface area contributed by atoms with E-state index in [4.69, 9.17) is 4.74 Å². The van der Waals surface area contributed by atoms with E-state index in [-0.39, 0.29) is 13.0 Å². The second-order valence-electron chi connectivity index (χ2n) is 5.45. The molecule has 6 heteroatoms. The van der Waals surface area contributed by atoms with Gasteiger partial charge in [-0.05, 0) is 27.4 Å². The van der Waals surface area contributed by atoms with E-state index in [0.29, 0.717) is 0 Å². The lowest BCUT2D eigenvalue weighted by Crippen LogP contribution is -2.62. The van der Waals surface area contributed by atoms with Gasteiger partial charge in [-0.3, -0.25) is 9.59 Å². The number of rotatable bonds is 5. The van der Waals surface area contributed by atoms with Gasteiger partial charge in [0, 0.05) is 13.2 Å². The molecule has 1 aliphatic carbocycles. The maximum atomic E-state index is 11.8. The highest BCUT2D eigenvalue weighted by atomic mass is 16.5. The number of hydrogen-bond donors (Lipinski definition) is 2. The van der Waals surface area contributed by atoms with E-state index in [1.54, 1.807) is 38.1 Å². The van der Waals surface area contributed by atoms with Crippen molar-refractivity contribution >= 4 is 11.9 Å². The standard InChI is InChI=1S/C13H21NO5/c1-12(10(15)16)6-5-7-13(8-19-4,11(17)18)9(12)14(2)3/h5-6,9H,7-8H2,1-4H3,(H,15,16)(H,17,18). The highest BCUT2D eigenvalue weighted by Gasteiger charge is 2.58. The van der Waals surface area contributed by atoms with Crippen LogP contribution in [0.1, 0.15) is 13.3 Å². The van der Waals surface area contributed by atoms with Crippen molar-refractivity contribution in [2.75, 3.05) is 27.8 Å². The molecular weight excluding hydrogens is 250 g/mol. The Hall–Kier alpha value is -1.40. The predicted octanol–water partition coefficient (Wildman–Crippen LogP) is 0.685. The molecule has 1 rings (SSSR count). The first-order valence-electron chi connectivity index (χ1n) is 6.02. The molecule has 0 amide bonds. The zero-order valence-corrected chi connectivity index (χ0v) is 11.7. The summed E-state index contributed by atoms with van der Waals surface area (Å²) in [5.74, 6) is -2.08. The Kier molecular flexibility index (Phi) is 4.37. The molecule has 0 saturated carbocycles. The number of carbonyl (C=O) groups is 2. The van der Waals surface area contributed by atoms with Crippen LogP contribution in [-0.2, 0) is 14.3 Å². The lowest BCUT2D eigenvalue weighted by Gasteiger charge is -2.49. The zero-order valence-electron chi connectivity index (χ0n) is 11.7. The second-order valence-corrected chi connectivity index (χ2v) is 5.45. The molecule has 0 fully saturated rings. The third kappa shape index (κ3) is 2.37. The van der Waals surface area contributed by atoms with Crippen molar-refractivity contribution in [3.8, 4) is 0 Å². The van der Waals surface area contributed by atoms with Crippen LogP contribution in [0.2, 0.25) is 0 Å². The molecule has 0 saturated heterocycles. The fraction of sp³-hybridized carbons (Fsp3) is 0.692. The van der Waals surface area contributed by atoms with E-state index in [1.807, 2.05) is 0 Å². The van der Waals surface area contributed by atoms with Crippen molar-refractivity contribution < 1.29 is 24.5 Å². The predicted molar refractivity (Wildman–Crippen MR) is 68.9 cm³/mol. The SMILES string of the molecule is COCC1(C(=O)O)CC=CC(C)(C(=O)O)C1N(C)C. The Labute approximate surface area is 112 Å². The molecule has 3 unspecified atom stereocenters. The average Bonchev–Trinajstić information content (AvgIpc) is 2.28. The van der Waals surface area contributed by atoms with Gasteiger partial charge < -0.3 is 19.8 Å². The smallest absolute Gasteiger partial charge is 0.314 e. The molecular formula is C13H21NO5. The zero-order chi connectivity index (χ0) is 14.8. The number of methoxy groups -OCH3 is 1. The largest absolute Gasteiger partial charge is 0.481 e. The third-order valence-electron chi connectivity index (χ3n) is 3.84. The van der Waals surface area contributed by atoms with Gasteiger partial charge >= 0.3 is 11.9 Å². The number of hydrogen-bond acceptors (Lipinski definition) is 4. The fourth-order valence-corrected chi connectivity index (χ4v) is 3.17. The maximum Gasteiger partial charge on any atom is 0.314 e. The first kappa shape index (κ1) is 15.7. The Morgan fingerprint density at radius 1 is 1.37 bits per heavy atom. The van der Waals surface area contributed by atoms with Gasteiger partial charge in [-0.25, -0.2) is 0 Å². The van der Waals surface area contributed by atoms with E-state index in [0.717, 1.165) is 0 Å². The molecule has 108 valence electrons. The topological polar surface area (TPSA) is 87.1 Å². The van der Waals surface area contributed by atoms with E-state index < -0.39 is 28.8 Å². The molecule has 0 aliphatic heterocycles. The van der Waals surface area contributed by atoms with Crippen molar-refractivity contribution in [3.63, 3.8) is 0 Å². The van der Waals surface area contributed by atoms with Crippen molar-refractivity contribution in [1.82, 2.24) is 4.90 Å². The van der Waals surface area contributed by atoms with Gasteiger partial charge in [0.1, 0.15) is 5.41 Å². The summed E-state index contributed by atoms with van der Waals surface area (Å²) < 4.78 is 5.07. The second kappa shape index (κ2) is 5.30. The molecule has 0 heterocycles. The minimum atomic E-state index is -1.27. The minimum absolute atomic E-state index is 0.0294. The monoisotopic (exact) mass is 271 g/mol. The summed E-state index contributed by atoms with van der Waals surface area (Å²) in [4.78, 5) is 25.0. The molecule has 0 aromatic heterocycles. The number of nitrogens with zero attached hydrogens (tertiary/aromatic N) is 1. The molecule has 2 N–H and O–H groups in total. The van der Waals surface area contributed by atoms with Crippen LogP contribution in [0.5, 0.6) is 0 Å². The fourth-order valence-electron chi connectivity index (χ4n) is 3.17. The molecule has 0 radical (unpaired) electrons. The Morgan fingerprint density at radius 3 is 2.32 bits per heavy atom. The van der Waals surface area contributed by atoms with Crippen LogP contribution in [0.3, 0.4) is 0 Å². The van der Waals surface area contributed by atoms with Crippen LogP contribution in [-0.4, -0.2) is 60.9 Å². The molecule has 0 spiro atoms. The summed E-state index contributed by atoms with van der Waals surface area (Å²) in [5, 5.41) is 19.1. The van der Waals surface area contributed by atoms with E-state index >= 15 is 0 Å². The van der Waals surface area contributed by atoms with Crippen LogP contribution in [0, 0.1) is 10.8 Å². The Morgan fingerprint density at radius 2 is 1.95 bits per heavy atom. The quantitative estimate of drug-likeness (QED) is 0.715. The van der Waals surface area contributed by atoms with E-state index in [9.17, 15) is 19.8 Å². The van der Waals surface area contributed by atoms with Gasteiger partial charge in [0.25, 0.3) is 0 Å². The van der Waals surface area contributed by atoms with Crippen molar-refractivity contribution in [2.45, 2.75) is 19.4 Å². The summed E-state index contributed by atoms with van der Waals surface area (Å²) in [6, 6.07) is -0.694. The number of aliphatic carboxylic acids is 2. The average molecular weight is 271 g/mol. The highest BCUT2D eigenvalue weighted by Crippen LogP contribution is 2.45. The van der Waals surface area contributed by atoms with Crippen LogP contribution in [0.25, 0.3) is 0 Å². The van der Waals surface area contributed by atoms with E-state index in [2.05, 4.69) is 0 Å². The molecule has 19 heavy (non-hydrogen) atoms. The minimum Gasteiger partial charge on any atom is -0.481 e. The Bertz CT molecular complexity index is 406. The first-order valence-corrected chi connectivity index (χ1v) is 6.02. The summed E-state index contributed by atoms with van der Waals surface area (Å²) >= 11 is 0. The van der Waals surface area contributed by atoms with Gasteiger partial charge in [-0.2, -0.15) is 0 Å². The molecule has 0 aromatic carbocycles. The third-order valence-corrected chi connectivity index (χ3v) is 3.84. The van der Waals surface area contributed by atoms with Gasteiger partial charge in [0.2, 0.25) is 0 Å². The number of ether oxygens (including phenoxy) is 1. The maximum absolute atomic E-state index is 11.8. The van der Waals surface area contributed by atoms with E-state index in [1.165, 1.54) is 7.11 Å². The first-order chi connectivity index (χ1) is 8.72. The van der Waals surface area contributed by atoms with Gasteiger partial charge in [0.15, 0.2) is 0 Å². The normalized spacial score (nSPS) is 34.5. The lowest BCUT2D eigenvalue weighted by molar-refractivity contribution is -0.169. The molecule has 3 atom stereocenters. The van der Waals surface area contributed by atoms with Crippen molar-refractivity contribution in [2.24, 2.45) is 10.8 Å². The molecule has 1 aliphatic rings. The van der Waals surface area contributed by atoms with Crippen LogP contribution in [0.15, 0.2) is 12.2 Å². The summed E-state index contributed by atoms with van der Waals surface area (Å²) in [7, 11) is 4.81. The summed E-state index contributed by atoms with van der Waals surface area (Å²) in [6.45, 7) is 1.52. The summed E-state index contributed by atoms with van der Waals surface area (Å²) in [6.07, 6.45) is 3.46. The molecule has 0 bridgehead atoms. The number of carboxylic acids is 2. The number of allylic oxidation sites excluding steroid dienone is 1.